The molecule has 17 heavy (non-hydrogen) atoms. The van der Waals surface area contributed by atoms with Crippen LogP contribution >= 0.6 is 0 Å². The van der Waals surface area contributed by atoms with E-state index in [1.165, 1.54) is 10.9 Å². The van der Waals surface area contributed by atoms with Crippen molar-refractivity contribution in [1.29, 1.82) is 0 Å². The van der Waals surface area contributed by atoms with Crippen LogP contribution in [-0.4, -0.2) is 14.7 Å². The Balaban J connectivity index is 2.66. The SMILES string of the molecule is Cn1ncc(N)c1-c1cc([N+](=O)[O-])ccc1F. The fraction of sp³-hybridized carbons (Fsp3) is 0.100. The minimum absolute atomic E-state index is 0.0664. The normalized spacial score (nSPS) is 10.5. The van der Waals surface area contributed by atoms with Gasteiger partial charge in [-0.3, -0.25) is 14.8 Å². The van der Waals surface area contributed by atoms with Crippen LogP contribution in [0.15, 0.2) is 24.4 Å². The number of nitrogen functional groups attached to an aromatic ring is 1. The summed E-state index contributed by atoms with van der Waals surface area (Å²) >= 11 is 0. The number of aryl methyl sites for hydroxylation is 1. The first kappa shape index (κ1) is 11.1. The van der Waals surface area contributed by atoms with Crippen molar-refractivity contribution in [2.24, 2.45) is 7.05 Å². The molecule has 0 saturated heterocycles. The van der Waals surface area contributed by atoms with E-state index >= 15 is 0 Å². The van der Waals surface area contributed by atoms with Gasteiger partial charge in [0.15, 0.2) is 0 Å². The van der Waals surface area contributed by atoms with Crippen molar-refractivity contribution in [3.05, 3.63) is 40.3 Å². The number of nitrogens with zero attached hydrogens (tertiary/aromatic N) is 3. The van der Waals surface area contributed by atoms with E-state index in [1.54, 1.807) is 7.05 Å². The highest BCUT2D eigenvalue weighted by Gasteiger charge is 2.17. The van der Waals surface area contributed by atoms with Gasteiger partial charge in [0.05, 0.1) is 22.5 Å². The van der Waals surface area contributed by atoms with Gasteiger partial charge in [0.25, 0.3) is 5.69 Å². The Morgan fingerprint density at radius 2 is 2.24 bits per heavy atom. The molecule has 2 N–H and O–H groups in total. The number of hydrogen-bond donors (Lipinski definition) is 1. The van der Waals surface area contributed by atoms with E-state index in [4.69, 9.17) is 5.73 Å². The lowest BCUT2D eigenvalue weighted by Gasteiger charge is -2.05. The summed E-state index contributed by atoms with van der Waals surface area (Å²) in [4.78, 5) is 10.0. The van der Waals surface area contributed by atoms with Crippen molar-refractivity contribution >= 4 is 11.4 Å². The minimum atomic E-state index is -0.588. The molecule has 7 heteroatoms. The first-order valence-corrected chi connectivity index (χ1v) is 4.72. The molecule has 0 radical (unpaired) electrons. The number of benzene rings is 1. The van der Waals surface area contributed by atoms with Crippen LogP contribution in [0.25, 0.3) is 11.3 Å². The Bertz CT molecular complexity index is 574. The summed E-state index contributed by atoms with van der Waals surface area (Å²) in [7, 11) is 1.59. The molecule has 1 aromatic carbocycles. The predicted octanol–water partition coefficient (Wildman–Crippen LogP) is 1.72. The van der Waals surface area contributed by atoms with Gasteiger partial charge in [-0.05, 0) is 6.07 Å². The van der Waals surface area contributed by atoms with Gasteiger partial charge in [-0.1, -0.05) is 0 Å². The fourth-order valence-electron chi connectivity index (χ4n) is 1.59. The number of anilines is 1. The smallest absolute Gasteiger partial charge is 0.270 e. The number of nitro benzene ring substituents is 1. The Hall–Kier alpha value is -2.44. The van der Waals surface area contributed by atoms with Crippen LogP contribution in [0.2, 0.25) is 0 Å². The lowest BCUT2D eigenvalue weighted by molar-refractivity contribution is -0.384. The molecule has 0 fully saturated rings. The van der Waals surface area contributed by atoms with Crippen LogP contribution in [-0.2, 0) is 7.05 Å². The lowest BCUT2D eigenvalue weighted by atomic mass is 10.1. The van der Waals surface area contributed by atoms with Crippen molar-refractivity contribution in [2.45, 2.75) is 0 Å². The average molecular weight is 236 g/mol. The maximum absolute atomic E-state index is 13.6. The molecule has 0 aliphatic carbocycles. The molecule has 1 aromatic heterocycles. The molecule has 88 valence electrons. The van der Waals surface area contributed by atoms with Gasteiger partial charge in [-0.25, -0.2) is 4.39 Å². The molecule has 1 heterocycles. The lowest BCUT2D eigenvalue weighted by Crippen LogP contribution is -1.99. The van der Waals surface area contributed by atoms with Gasteiger partial charge in [0.1, 0.15) is 5.82 Å². The van der Waals surface area contributed by atoms with Crippen molar-refractivity contribution < 1.29 is 9.31 Å². The third kappa shape index (κ3) is 1.82. The van der Waals surface area contributed by atoms with Crippen molar-refractivity contribution in [1.82, 2.24) is 9.78 Å². The summed E-state index contributed by atoms with van der Waals surface area (Å²) in [5.41, 5.74) is 6.12. The van der Waals surface area contributed by atoms with Crippen LogP contribution < -0.4 is 5.73 Å². The minimum Gasteiger partial charge on any atom is -0.396 e. The molecular weight excluding hydrogens is 227 g/mol. The summed E-state index contributed by atoms with van der Waals surface area (Å²) in [5.74, 6) is -0.578. The highest BCUT2D eigenvalue weighted by Crippen LogP contribution is 2.30. The first-order valence-electron chi connectivity index (χ1n) is 4.72. The van der Waals surface area contributed by atoms with Crippen LogP contribution in [0.5, 0.6) is 0 Å². The van der Waals surface area contributed by atoms with E-state index in [0.717, 1.165) is 18.2 Å². The Morgan fingerprint density at radius 1 is 1.53 bits per heavy atom. The van der Waals surface area contributed by atoms with Crippen LogP contribution in [0, 0.1) is 15.9 Å². The summed E-state index contributed by atoms with van der Waals surface area (Å²) < 4.78 is 15.0. The van der Waals surface area contributed by atoms with Crippen LogP contribution in [0.4, 0.5) is 15.8 Å². The molecule has 2 aromatic rings. The molecule has 0 amide bonds. The molecule has 0 aliphatic rings. The zero-order valence-corrected chi connectivity index (χ0v) is 8.92. The van der Waals surface area contributed by atoms with Gasteiger partial charge in [0.2, 0.25) is 0 Å². The van der Waals surface area contributed by atoms with E-state index in [2.05, 4.69) is 5.10 Å². The van der Waals surface area contributed by atoms with E-state index in [-0.39, 0.29) is 16.9 Å². The van der Waals surface area contributed by atoms with Gasteiger partial charge < -0.3 is 5.73 Å². The number of halogens is 1. The summed E-state index contributed by atoms with van der Waals surface area (Å²) in [6, 6.07) is 3.29. The standard InChI is InChI=1S/C10H9FN4O2/c1-14-10(9(12)5-13-14)7-4-6(15(16)17)2-3-8(7)11/h2-5H,12H2,1H3. The van der Waals surface area contributed by atoms with Crippen LogP contribution in [0.3, 0.4) is 0 Å². The zero-order chi connectivity index (χ0) is 12.6. The van der Waals surface area contributed by atoms with E-state index in [0.29, 0.717) is 5.69 Å². The Labute approximate surface area is 95.6 Å². The van der Waals surface area contributed by atoms with Crippen molar-refractivity contribution in [2.75, 3.05) is 5.73 Å². The van der Waals surface area contributed by atoms with Crippen LogP contribution in [0.1, 0.15) is 0 Å². The summed E-state index contributed by atoms with van der Waals surface area (Å²) in [5, 5.41) is 14.5. The number of hydrogen-bond acceptors (Lipinski definition) is 4. The average Bonchev–Trinajstić information content (AvgIpc) is 2.59. The third-order valence-corrected chi connectivity index (χ3v) is 2.38. The maximum atomic E-state index is 13.6. The van der Waals surface area contributed by atoms with E-state index in [1.807, 2.05) is 0 Å². The molecule has 6 nitrogen and oxygen atoms in total. The summed E-state index contributed by atoms with van der Waals surface area (Å²) in [6.45, 7) is 0. The number of nitro groups is 1. The van der Waals surface area contributed by atoms with Gasteiger partial charge >= 0.3 is 0 Å². The summed E-state index contributed by atoms with van der Waals surface area (Å²) in [6.07, 6.45) is 1.37. The van der Waals surface area contributed by atoms with Crippen molar-refractivity contribution in [3.63, 3.8) is 0 Å². The second-order valence-electron chi connectivity index (χ2n) is 3.49. The zero-order valence-electron chi connectivity index (χ0n) is 8.92. The number of rotatable bonds is 2. The highest BCUT2D eigenvalue weighted by molar-refractivity contribution is 5.74. The van der Waals surface area contributed by atoms with E-state index in [9.17, 15) is 14.5 Å². The first-order chi connectivity index (χ1) is 8.00. The van der Waals surface area contributed by atoms with Gasteiger partial charge in [-0.15, -0.1) is 0 Å². The molecular formula is C10H9FN4O2. The molecule has 0 aliphatic heterocycles. The largest absolute Gasteiger partial charge is 0.396 e. The van der Waals surface area contributed by atoms with Crippen molar-refractivity contribution in [3.8, 4) is 11.3 Å². The molecule has 0 bridgehead atoms. The number of non-ortho nitro benzene ring substituents is 1. The number of nitrogens with two attached hydrogens (primary N) is 1. The maximum Gasteiger partial charge on any atom is 0.270 e. The topological polar surface area (TPSA) is 87.0 Å². The Morgan fingerprint density at radius 3 is 2.76 bits per heavy atom. The second kappa shape index (κ2) is 3.85. The monoisotopic (exact) mass is 236 g/mol. The molecule has 0 spiro atoms. The molecule has 0 atom stereocenters. The molecule has 2 rings (SSSR count). The Kier molecular flexibility index (Phi) is 2.51. The van der Waals surface area contributed by atoms with Gasteiger partial charge in [0, 0.05) is 24.7 Å². The van der Waals surface area contributed by atoms with Gasteiger partial charge in [-0.2, -0.15) is 5.10 Å². The van der Waals surface area contributed by atoms with E-state index < -0.39 is 10.7 Å². The fourth-order valence-corrected chi connectivity index (χ4v) is 1.59. The third-order valence-electron chi connectivity index (χ3n) is 2.38. The number of aromatic nitrogens is 2. The highest BCUT2D eigenvalue weighted by atomic mass is 19.1. The second-order valence-corrected chi connectivity index (χ2v) is 3.49. The molecule has 0 saturated carbocycles. The quantitative estimate of drug-likeness (QED) is 0.635. The molecule has 0 unspecified atom stereocenters. The predicted molar refractivity (Wildman–Crippen MR) is 59.7 cm³/mol.